The number of amides is 1. The van der Waals surface area contributed by atoms with Crippen molar-refractivity contribution in [3.05, 3.63) is 53.7 Å². The van der Waals surface area contributed by atoms with Gasteiger partial charge in [-0.1, -0.05) is 30.3 Å². The smallest absolute Gasteiger partial charge is 0.266 e. The third-order valence-corrected chi connectivity index (χ3v) is 3.37. The van der Waals surface area contributed by atoms with Gasteiger partial charge < -0.3 is 10.1 Å². The molecule has 20 heavy (non-hydrogen) atoms. The molecule has 3 rings (SSSR count). The van der Waals surface area contributed by atoms with Crippen molar-refractivity contribution in [1.82, 2.24) is 4.98 Å². The van der Waals surface area contributed by atoms with Crippen LogP contribution in [0.25, 0.3) is 0 Å². The van der Waals surface area contributed by atoms with Gasteiger partial charge in [0.1, 0.15) is 0 Å². The highest BCUT2D eigenvalue weighted by atomic mass is 16.5. The summed E-state index contributed by atoms with van der Waals surface area (Å²) in [5, 5.41) is 2.74. The van der Waals surface area contributed by atoms with Crippen molar-refractivity contribution in [3.63, 3.8) is 0 Å². The molecule has 0 bridgehead atoms. The summed E-state index contributed by atoms with van der Waals surface area (Å²) in [6, 6.07) is 12.3. The number of carbonyl (C=O) groups is 1. The molecule has 1 atom stereocenters. The maximum absolute atomic E-state index is 11.5. The first-order valence-electron chi connectivity index (χ1n) is 6.73. The number of nitrogens with zero attached hydrogens (tertiary/aromatic N) is 1. The van der Waals surface area contributed by atoms with Gasteiger partial charge >= 0.3 is 0 Å². The van der Waals surface area contributed by atoms with Crippen molar-refractivity contribution in [2.75, 3.05) is 5.32 Å². The van der Waals surface area contributed by atoms with Crippen LogP contribution in [0.2, 0.25) is 0 Å². The number of hydrogen-bond acceptors (Lipinski definition) is 3. The van der Waals surface area contributed by atoms with Crippen molar-refractivity contribution in [3.8, 4) is 5.75 Å². The van der Waals surface area contributed by atoms with Gasteiger partial charge in [0, 0.05) is 6.20 Å². The number of pyridine rings is 1. The van der Waals surface area contributed by atoms with E-state index in [0.717, 1.165) is 18.4 Å². The molecule has 0 aliphatic carbocycles. The first-order valence-corrected chi connectivity index (χ1v) is 6.73. The average Bonchev–Trinajstić information content (AvgIpc) is 2.47. The normalized spacial score (nSPS) is 17.1. The minimum Gasteiger partial charge on any atom is -0.477 e. The number of aromatic nitrogens is 1. The Morgan fingerprint density at radius 3 is 2.75 bits per heavy atom. The van der Waals surface area contributed by atoms with Crippen LogP contribution in [0.15, 0.2) is 42.6 Å². The van der Waals surface area contributed by atoms with E-state index in [-0.39, 0.29) is 5.91 Å². The van der Waals surface area contributed by atoms with Gasteiger partial charge in [0.25, 0.3) is 5.91 Å². The Balaban J connectivity index is 1.73. The lowest BCUT2D eigenvalue weighted by Gasteiger charge is -2.22. The van der Waals surface area contributed by atoms with E-state index in [1.165, 1.54) is 5.56 Å². The predicted octanol–water partition coefficient (Wildman–Crippen LogP) is 2.59. The molecule has 4 nitrogen and oxygen atoms in total. The lowest BCUT2D eigenvalue weighted by Crippen LogP contribution is -2.34. The summed E-state index contributed by atoms with van der Waals surface area (Å²) in [6.45, 7) is 1.73. The van der Waals surface area contributed by atoms with Crippen LogP contribution in [0.5, 0.6) is 5.75 Å². The zero-order valence-electron chi connectivity index (χ0n) is 11.3. The van der Waals surface area contributed by atoms with Crippen LogP contribution in [0, 0.1) is 0 Å². The monoisotopic (exact) mass is 268 g/mol. The summed E-state index contributed by atoms with van der Waals surface area (Å²) < 4.78 is 5.56. The topological polar surface area (TPSA) is 51.2 Å². The minimum atomic E-state index is -0.464. The zero-order chi connectivity index (χ0) is 13.9. The molecule has 4 heteroatoms. The highest BCUT2D eigenvalue weighted by molar-refractivity contribution is 5.96. The van der Waals surface area contributed by atoms with Crippen molar-refractivity contribution in [2.45, 2.75) is 25.9 Å². The van der Waals surface area contributed by atoms with E-state index in [1.807, 2.05) is 24.3 Å². The van der Waals surface area contributed by atoms with Crippen LogP contribution in [0.1, 0.15) is 18.1 Å². The van der Waals surface area contributed by atoms with Gasteiger partial charge in [0.15, 0.2) is 17.7 Å². The highest BCUT2D eigenvalue weighted by Gasteiger charge is 2.24. The van der Waals surface area contributed by atoms with Gasteiger partial charge in [-0.25, -0.2) is 4.98 Å². The fraction of sp³-hybridized carbons (Fsp3) is 0.250. The molecule has 2 aromatic rings. The summed E-state index contributed by atoms with van der Waals surface area (Å²) in [4.78, 5) is 15.7. The van der Waals surface area contributed by atoms with Crippen molar-refractivity contribution < 1.29 is 9.53 Å². The van der Waals surface area contributed by atoms with Crippen LogP contribution in [-0.2, 0) is 17.6 Å². The number of benzene rings is 1. The number of rotatable bonds is 3. The van der Waals surface area contributed by atoms with Gasteiger partial charge in [0.05, 0.1) is 0 Å². The van der Waals surface area contributed by atoms with Gasteiger partial charge in [-0.2, -0.15) is 0 Å². The second-order valence-corrected chi connectivity index (χ2v) is 4.93. The van der Waals surface area contributed by atoms with Crippen LogP contribution >= 0.6 is 0 Å². The largest absolute Gasteiger partial charge is 0.477 e. The molecular weight excluding hydrogens is 252 g/mol. The number of fused-ring (bicyclic) bond motifs is 1. The second kappa shape index (κ2) is 5.33. The highest BCUT2D eigenvalue weighted by Crippen LogP contribution is 2.28. The minimum absolute atomic E-state index is 0.151. The summed E-state index contributed by atoms with van der Waals surface area (Å²) in [6.07, 6.45) is 3.19. The van der Waals surface area contributed by atoms with Crippen LogP contribution in [-0.4, -0.2) is 17.0 Å². The van der Waals surface area contributed by atoms with Crippen molar-refractivity contribution >= 4 is 11.7 Å². The van der Waals surface area contributed by atoms with E-state index < -0.39 is 6.10 Å². The van der Waals surface area contributed by atoms with Crippen LogP contribution < -0.4 is 10.1 Å². The van der Waals surface area contributed by atoms with E-state index in [0.29, 0.717) is 11.6 Å². The van der Waals surface area contributed by atoms with Gasteiger partial charge in [0.2, 0.25) is 0 Å². The molecule has 1 aromatic heterocycles. The van der Waals surface area contributed by atoms with E-state index >= 15 is 0 Å². The molecule has 1 aromatic carbocycles. The quantitative estimate of drug-likeness (QED) is 0.930. The lowest BCUT2D eigenvalue weighted by molar-refractivity contribution is -0.122. The molecule has 0 saturated carbocycles. The Hall–Kier alpha value is -2.36. The average molecular weight is 268 g/mol. The fourth-order valence-electron chi connectivity index (χ4n) is 2.20. The maximum atomic E-state index is 11.5. The lowest BCUT2D eigenvalue weighted by atomic mass is 10.1. The number of nitrogens with one attached hydrogen (secondary N) is 1. The zero-order valence-corrected chi connectivity index (χ0v) is 11.3. The third kappa shape index (κ3) is 2.64. The molecule has 0 fully saturated rings. The molecule has 0 saturated heterocycles. The molecule has 1 amide bonds. The molecular formula is C16H16N2O2. The van der Waals surface area contributed by atoms with Crippen LogP contribution in [0.4, 0.5) is 5.82 Å². The molecule has 0 spiro atoms. The van der Waals surface area contributed by atoms with E-state index in [9.17, 15) is 4.79 Å². The van der Waals surface area contributed by atoms with E-state index in [1.54, 1.807) is 13.1 Å². The fourth-order valence-corrected chi connectivity index (χ4v) is 2.20. The standard InChI is InChI=1S/C16H16N2O2/c1-11-16(19)18-15-14(20-11)9-13(10-17-15)8-7-12-5-3-2-4-6-12/h2-6,9-11H,7-8H2,1H3,(H,17,18,19). The number of aryl methyl sites for hydroxylation is 2. The summed E-state index contributed by atoms with van der Waals surface area (Å²) in [5.74, 6) is 1.02. The molecule has 0 radical (unpaired) electrons. The Labute approximate surface area is 117 Å². The number of hydrogen-bond donors (Lipinski definition) is 1. The molecule has 1 aliphatic heterocycles. The Kier molecular flexibility index (Phi) is 3.37. The molecule has 102 valence electrons. The van der Waals surface area contributed by atoms with Gasteiger partial charge in [-0.05, 0) is 37.0 Å². The molecule has 1 aliphatic rings. The number of carbonyl (C=O) groups excluding carboxylic acids is 1. The number of ether oxygens (including phenoxy) is 1. The molecule has 2 heterocycles. The van der Waals surface area contributed by atoms with E-state index in [4.69, 9.17) is 4.74 Å². The first kappa shape index (κ1) is 12.7. The Morgan fingerprint density at radius 1 is 1.20 bits per heavy atom. The molecule has 1 N–H and O–H groups in total. The van der Waals surface area contributed by atoms with Crippen LogP contribution in [0.3, 0.4) is 0 Å². The van der Waals surface area contributed by atoms with Crippen molar-refractivity contribution in [1.29, 1.82) is 0 Å². The van der Waals surface area contributed by atoms with Crippen molar-refractivity contribution in [2.24, 2.45) is 0 Å². The predicted molar refractivity (Wildman–Crippen MR) is 76.8 cm³/mol. The SMILES string of the molecule is CC1Oc2cc(CCc3ccccc3)cnc2NC1=O. The van der Waals surface area contributed by atoms with Gasteiger partial charge in [-0.15, -0.1) is 0 Å². The maximum Gasteiger partial charge on any atom is 0.266 e. The second-order valence-electron chi connectivity index (χ2n) is 4.93. The van der Waals surface area contributed by atoms with E-state index in [2.05, 4.69) is 22.4 Å². The van der Waals surface area contributed by atoms with Gasteiger partial charge in [-0.3, -0.25) is 4.79 Å². The summed E-state index contributed by atoms with van der Waals surface area (Å²) >= 11 is 0. The Bertz CT molecular complexity index is 626. The number of anilines is 1. The summed E-state index contributed by atoms with van der Waals surface area (Å²) in [5.41, 5.74) is 2.41. The first-order chi connectivity index (χ1) is 9.72. The molecule has 1 unspecified atom stereocenters. The third-order valence-electron chi connectivity index (χ3n) is 3.37. The Morgan fingerprint density at radius 2 is 1.95 bits per heavy atom. The summed E-state index contributed by atoms with van der Waals surface area (Å²) in [7, 11) is 0.